The molecule has 4 aromatic heterocycles. The number of halogens is 1. The summed E-state index contributed by atoms with van der Waals surface area (Å²) in [5.74, 6) is 0. The van der Waals surface area contributed by atoms with Crippen LogP contribution in [0.2, 0.25) is 0 Å². The van der Waals surface area contributed by atoms with E-state index in [1.807, 2.05) is 36.9 Å². The number of hydrogen-bond donors (Lipinski definition) is 1. The van der Waals surface area contributed by atoms with Crippen molar-refractivity contribution in [2.24, 2.45) is 5.14 Å². The van der Waals surface area contributed by atoms with Gasteiger partial charge in [0, 0.05) is 60.0 Å². The number of primary sulfonamides is 1. The van der Waals surface area contributed by atoms with E-state index in [0.717, 1.165) is 74.8 Å². The molecule has 0 radical (unpaired) electrons. The molecule has 2 N–H and O–H groups in total. The summed E-state index contributed by atoms with van der Waals surface area (Å²) < 4.78 is 28.6. The van der Waals surface area contributed by atoms with Gasteiger partial charge in [-0.2, -0.15) is 10.2 Å². The molecule has 0 aliphatic carbocycles. The average Bonchev–Trinajstić information content (AvgIpc) is 3.78. The van der Waals surface area contributed by atoms with Crippen molar-refractivity contribution >= 4 is 48.0 Å². The molecule has 4 aromatic carbocycles. The summed E-state index contributed by atoms with van der Waals surface area (Å²) in [5.41, 5.74) is 10.1. The van der Waals surface area contributed by atoms with Crippen molar-refractivity contribution in [1.29, 1.82) is 0 Å². The second-order valence-electron chi connectivity index (χ2n) is 14.0. The van der Waals surface area contributed by atoms with E-state index in [1.54, 1.807) is 45.7 Å². The van der Waals surface area contributed by atoms with Crippen molar-refractivity contribution < 1.29 is 8.42 Å². The highest BCUT2D eigenvalue weighted by Gasteiger charge is 2.18. The van der Waals surface area contributed by atoms with Crippen molar-refractivity contribution in [3.05, 3.63) is 138 Å². The van der Waals surface area contributed by atoms with Gasteiger partial charge in [-0.15, -0.1) is 0 Å². The highest BCUT2D eigenvalue weighted by molar-refractivity contribution is 9.10. The highest BCUT2D eigenvalue weighted by atomic mass is 79.9. The van der Waals surface area contributed by atoms with E-state index < -0.39 is 10.0 Å². The molecule has 8 rings (SSSR count). The molecule has 4 heterocycles. The minimum atomic E-state index is -3.84. The zero-order valence-corrected chi connectivity index (χ0v) is 33.5. The predicted molar refractivity (Wildman–Crippen MR) is 223 cm³/mol. The van der Waals surface area contributed by atoms with Crippen molar-refractivity contribution in [3.63, 3.8) is 0 Å². The molecule has 0 bridgehead atoms. The van der Waals surface area contributed by atoms with Crippen LogP contribution in [0.5, 0.6) is 0 Å². The number of aromatic nitrogens is 6. The molecule has 13 heteroatoms. The quantitative estimate of drug-likeness (QED) is 0.153. The van der Waals surface area contributed by atoms with Crippen LogP contribution in [0.4, 0.5) is 0 Å². The molecule has 0 spiro atoms. The Balaban J connectivity index is 0.000000190. The van der Waals surface area contributed by atoms with Crippen LogP contribution in [-0.2, 0) is 22.9 Å². The molecule has 8 aromatic rings. The lowest BCUT2D eigenvalue weighted by Gasteiger charge is -2.10. The lowest BCUT2D eigenvalue weighted by molar-refractivity contribution is 0.413. The molecule has 0 unspecified atom stereocenters. The van der Waals surface area contributed by atoms with Crippen LogP contribution in [0.15, 0.2) is 131 Å². The summed E-state index contributed by atoms with van der Waals surface area (Å²) in [7, 11) is 4.49. The van der Waals surface area contributed by atoms with Gasteiger partial charge >= 0.3 is 0 Å². The van der Waals surface area contributed by atoms with Gasteiger partial charge in [-0.25, -0.2) is 32.6 Å². The lowest BCUT2D eigenvalue weighted by atomic mass is 10.00. The minimum Gasteiger partial charge on any atom is -0.309 e. The molecule has 280 valence electrons. The van der Waals surface area contributed by atoms with Gasteiger partial charge in [0.2, 0.25) is 10.0 Å². The monoisotopic (exact) mass is 815 g/mol. The first-order valence-electron chi connectivity index (χ1n) is 17.8. The molecule has 55 heavy (non-hydrogen) atoms. The summed E-state index contributed by atoms with van der Waals surface area (Å²) in [4.78, 5) is 13.6. The van der Waals surface area contributed by atoms with E-state index in [9.17, 15) is 8.42 Å². The molecule has 0 aliphatic heterocycles. The zero-order valence-electron chi connectivity index (χ0n) is 31.1. The Morgan fingerprint density at radius 2 is 1.11 bits per heavy atom. The van der Waals surface area contributed by atoms with Gasteiger partial charge in [-0.1, -0.05) is 78.9 Å². The Hall–Kier alpha value is -5.31. The number of nitrogens with two attached hydrogens (primary N) is 1. The van der Waals surface area contributed by atoms with Gasteiger partial charge in [-0.05, 0) is 96.2 Å². The largest absolute Gasteiger partial charge is 0.309 e. The molecule has 0 atom stereocenters. The molecule has 0 saturated heterocycles. The number of sulfonamides is 1. The van der Waals surface area contributed by atoms with Crippen molar-refractivity contribution in [2.45, 2.75) is 17.7 Å². The smallest absolute Gasteiger partial charge is 0.238 e. The molecule has 0 aliphatic rings. The van der Waals surface area contributed by atoms with E-state index in [2.05, 4.69) is 118 Å². The maximum absolute atomic E-state index is 12.1. The first-order chi connectivity index (χ1) is 26.4. The van der Waals surface area contributed by atoms with E-state index in [-0.39, 0.29) is 4.90 Å². The van der Waals surface area contributed by atoms with Crippen molar-refractivity contribution in [1.82, 2.24) is 39.0 Å². The summed E-state index contributed by atoms with van der Waals surface area (Å²) in [6.45, 7) is 2.07. The summed E-state index contributed by atoms with van der Waals surface area (Å²) in [6.07, 6.45) is 13.3. The lowest BCUT2D eigenvalue weighted by Crippen LogP contribution is -2.14. The number of likely N-dealkylation sites (N-methyl/N-ethyl adjacent to an activating group) is 2. The minimum absolute atomic E-state index is 0.104. The number of hydrogen-bond acceptors (Lipinski definition) is 8. The van der Waals surface area contributed by atoms with Crippen molar-refractivity contribution in [3.8, 4) is 33.4 Å². The molecule has 0 saturated carbocycles. The second-order valence-corrected chi connectivity index (χ2v) is 16.4. The topological polar surface area (TPSA) is 127 Å². The van der Waals surface area contributed by atoms with Crippen LogP contribution < -0.4 is 5.14 Å². The molecule has 11 nitrogen and oxygen atoms in total. The standard InChI is InChI=1S/C26H25N5O2S.C16H17BrN4/c1-30(2)14-13-18-7-9-19(10-8-18)20-15-28-26-24(16-29-31(26)17-20)22-11-12-25(34(27,32)33)23-6-4-3-5-21(22)23;1-20(2)8-7-12-3-5-13(6-4-12)14-9-18-16-15(17)10-19-21(16)11-14/h3-12,15-17H,13-14H2,1-2H3,(H2,27,32,33);3-6,9-11H,7-8H2,1-2H3. The highest BCUT2D eigenvalue weighted by Crippen LogP contribution is 2.34. The third-order valence-corrected chi connectivity index (χ3v) is 10.9. The van der Waals surface area contributed by atoms with Crippen LogP contribution in [0.25, 0.3) is 55.4 Å². The van der Waals surface area contributed by atoms with Crippen LogP contribution in [0.3, 0.4) is 0 Å². The van der Waals surface area contributed by atoms with Gasteiger partial charge in [0.25, 0.3) is 0 Å². The Labute approximate surface area is 329 Å². The van der Waals surface area contributed by atoms with Crippen LogP contribution in [0.1, 0.15) is 11.1 Å². The van der Waals surface area contributed by atoms with Gasteiger partial charge in [0.15, 0.2) is 11.3 Å². The van der Waals surface area contributed by atoms with E-state index in [4.69, 9.17) is 10.1 Å². The van der Waals surface area contributed by atoms with Gasteiger partial charge in [0.05, 0.1) is 21.8 Å². The van der Waals surface area contributed by atoms with Crippen LogP contribution in [-0.4, -0.2) is 88.7 Å². The SMILES string of the molecule is CN(C)CCc1ccc(-c2cnc3c(-c4ccc(S(N)(=O)=O)c5ccccc45)cnn3c2)cc1.CN(C)CCc1ccc(-c2cnc3c(Br)cnn3c2)cc1. The maximum atomic E-state index is 12.1. The fourth-order valence-corrected chi connectivity index (χ4v) is 7.51. The van der Waals surface area contributed by atoms with E-state index in [1.165, 1.54) is 11.1 Å². The fraction of sp³-hybridized carbons (Fsp3) is 0.190. The maximum Gasteiger partial charge on any atom is 0.238 e. The van der Waals surface area contributed by atoms with Gasteiger partial charge < -0.3 is 9.80 Å². The van der Waals surface area contributed by atoms with Crippen LogP contribution >= 0.6 is 15.9 Å². The molecular formula is C42H42BrN9O2S. The Morgan fingerprint density at radius 3 is 1.65 bits per heavy atom. The first kappa shape index (κ1) is 38.0. The molecule has 0 amide bonds. The van der Waals surface area contributed by atoms with E-state index in [0.29, 0.717) is 11.0 Å². The van der Waals surface area contributed by atoms with Crippen LogP contribution in [0, 0.1) is 0 Å². The van der Waals surface area contributed by atoms with Gasteiger partial charge in [0.1, 0.15) is 0 Å². The Kier molecular flexibility index (Phi) is 11.2. The third kappa shape index (κ3) is 8.66. The molecular weight excluding hydrogens is 774 g/mol. The zero-order chi connectivity index (χ0) is 38.7. The number of nitrogens with zero attached hydrogens (tertiary/aromatic N) is 8. The Bertz CT molecular complexity index is 2710. The number of rotatable bonds is 10. The first-order valence-corrected chi connectivity index (χ1v) is 20.1. The van der Waals surface area contributed by atoms with E-state index >= 15 is 0 Å². The third-order valence-electron chi connectivity index (χ3n) is 9.42. The summed E-state index contributed by atoms with van der Waals surface area (Å²) in [5, 5.41) is 15.6. The normalized spacial score (nSPS) is 11.9. The Morgan fingerprint density at radius 1 is 0.600 bits per heavy atom. The number of benzene rings is 4. The number of fused-ring (bicyclic) bond motifs is 3. The summed E-state index contributed by atoms with van der Waals surface area (Å²) in [6, 6.07) is 27.8. The van der Waals surface area contributed by atoms with Gasteiger partial charge in [-0.3, -0.25) is 0 Å². The van der Waals surface area contributed by atoms with Crippen molar-refractivity contribution in [2.75, 3.05) is 41.3 Å². The predicted octanol–water partition coefficient (Wildman–Crippen LogP) is 7.23. The summed E-state index contributed by atoms with van der Waals surface area (Å²) >= 11 is 3.44. The fourth-order valence-electron chi connectivity index (χ4n) is 6.40. The second kappa shape index (κ2) is 16.2. The average molecular weight is 817 g/mol. The molecule has 0 fully saturated rings.